The fourth-order valence-electron chi connectivity index (χ4n) is 2.87. The Hall–Kier alpha value is -2.64. The van der Waals surface area contributed by atoms with Gasteiger partial charge in [0, 0.05) is 44.1 Å². The highest BCUT2D eigenvalue weighted by molar-refractivity contribution is 7.18. The Morgan fingerprint density at radius 2 is 2.03 bits per heavy atom. The van der Waals surface area contributed by atoms with E-state index < -0.39 is 0 Å². The molecular weight excluding hydrogens is 422 g/mol. The molecule has 0 aliphatic heterocycles. The lowest BCUT2D eigenvalue weighted by molar-refractivity contribution is 0.0984. The molecule has 0 fully saturated rings. The van der Waals surface area contributed by atoms with Gasteiger partial charge in [0.15, 0.2) is 5.78 Å². The molecule has 6 nitrogen and oxygen atoms in total. The number of ketones is 1. The quantitative estimate of drug-likeness (QED) is 0.279. The normalized spacial score (nSPS) is 11.0. The molecule has 30 heavy (non-hydrogen) atoms. The van der Waals surface area contributed by atoms with Crippen LogP contribution in [0.4, 0.5) is 0 Å². The maximum absolute atomic E-state index is 12.3. The van der Waals surface area contributed by atoms with Gasteiger partial charge in [0.05, 0.1) is 15.3 Å². The van der Waals surface area contributed by atoms with Crippen LogP contribution in [0.15, 0.2) is 40.9 Å². The van der Waals surface area contributed by atoms with Crippen LogP contribution in [-0.4, -0.2) is 41.9 Å². The minimum Gasteiger partial charge on any atom is -0.490 e. The summed E-state index contributed by atoms with van der Waals surface area (Å²) < 4.78 is 12.0. The van der Waals surface area contributed by atoms with Crippen molar-refractivity contribution >= 4 is 34.6 Å². The SMILES string of the molecule is CC(C)Oc1cc(C(=N)N(C)C)ccc1-c1cc(CCC(=O)c2ccc(Cl)s2)on1. The van der Waals surface area contributed by atoms with Crippen LogP contribution in [-0.2, 0) is 6.42 Å². The van der Waals surface area contributed by atoms with Crippen LogP contribution in [0.5, 0.6) is 5.75 Å². The molecule has 3 rings (SSSR count). The third-order valence-electron chi connectivity index (χ3n) is 4.35. The highest BCUT2D eigenvalue weighted by atomic mass is 35.5. The summed E-state index contributed by atoms with van der Waals surface area (Å²) in [4.78, 5) is 14.7. The third-order valence-corrected chi connectivity index (χ3v) is 5.62. The maximum atomic E-state index is 12.3. The van der Waals surface area contributed by atoms with E-state index in [1.807, 2.05) is 52.2 Å². The minimum atomic E-state index is -0.0332. The number of ether oxygens (including phenoxy) is 1. The predicted octanol–water partition coefficient (Wildman–Crippen LogP) is 5.55. The first-order chi connectivity index (χ1) is 14.2. The van der Waals surface area contributed by atoms with Crippen molar-refractivity contribution in [1.82, 2.24) is 10.1 Å². The Balaban J connectivity index is 1.79. The molecule has 2 heterocycles. The monoisotopic (exact) mass is 445 g/mol. The Morgan fingerprint density at radius 3 is 2.67 bits per heavy atom. The number of rotatable bonds is 8. The fourth-order valence-corrected chi connectivity index (χ4v) is 3.88. The molecule has 0 amide bonds. The molecule has 0 saturated carbocycles. The number of aromatic nitrogens is 1. The molecule has 1 aromatic carbocycles. The number of nitrogens with one attached hydrogen (secondary N) is 1. The van der Waals surface area contributed by atoms with Gasteiger partial charge >= 0.3 is 0 Å². The molecule has 3 aromatic rings. The van der Waals surface area contributed by atoms with Gasteiger partial charge in [0.1, 0.15) is 23.0 Å². The van der Waals surface area contributed by atoms with Crippen molar-refractivity contribution in [2.45, 2.75) is 32.8 Å². The summed E-state index contributed by atoms with van der Waals surface area (Å²) in [6.07, 6.45) is 0.736. The number of thiophene rings is 1. The van der Waals surface area contributed by atoms with Gasteiger partial charge < -0.3 is 14.2 Å². The van der Waals surface area contributed by atoms with Gasteiger partial charge in [-0.25, -0.2) is 0 Å². The summed E-state index contributed by atoms with van der Waals surface area (Å²) in [7, 11) is 3.66. The topological polar surface area (TPSA) is 79.4 Å². The van der Waals surface area contributed by atoms with E-state index >= 15 is 0 Å². The summed E-state index contributed by atoms with van der Waals surface area (Å²) in [6, 6.07) is 10.9. The first-order valence-corrected chi connectivity index (χ1v) is 10.8. The number of hydrogen-bond donors (Lipinski definition) is 1. The standard InChI is InChI=1S/C22H24ClN3O3S/c1-13(2)28-19-11-14(22(24)26(3)4)5-7-16(19)17-12-15(29-25-17)6-8-18(27)20-9-10-21(23)30-20/h5,7,9-13,24H,6,8H2,1-4H3. The number of carbonyl (C=O) groups excluding carboxylic acids is 1. The zero-order chi connectivity index (χ0) is 21.8. The molecule has 158 valence electrons. The average Bonchev–Trinajstić information content (AvgIpc) is 3.34. The summed E-state index contributed by atoms with van der Waals surface area (Å²) in [5.41, 5.74) is 2.17. The Morgan fingerprint density at radius 1 is 1.27 bits per heavy atom. The van der Waals surface area contributed by atoms with Gasteiger partial charge in [-0.3, -0.25) is 10.2 Å². The average molecular weight is 446 g/mol. The molecule has 0 aliphatic rings. The predicted molar refractivity (Wildman–Crippen MR) is 120 cm³/mol. The lowest BCUT2D eigenvalue weighted by Gasteiger charge is -2.17. The minimum absolute atomic E-state index is 0.0280. The number of nitrogens with zero attached hydrogens (tertiary/aromatic N) is 2. The van der Waals surface area contributed by atoms with Crippen molar-refractivity contribution in [3.05, 3.63) is 56.9 Å². The third kappa shape index (κ3) is 5.29. The van der Waals surface area contributed by atoms with Gasteiger partial charge in [-0.1, -0.05) is 22.8 Å². The molecule has 0 spiro atoms. The van der Waals surface area contributed by atoms with Crippen LogP contribution >= 0.6 is 22.9 Å². The van der Waals surface area contributed by atoms with E-state index in [2.05, 4.69) is 5.16 Å². The summed E-state index contributed by atoms with van der Waals surface area (Å²) >= 11 is 7.18. The maximum Gasteiger partial charge on any atom is 0.173 e. The number of aryl methyl sites for hydroxylation is 1. The van der Waals surface area contributed by atoms with Gasteiger partial charge in [0.25, 0.3) is 0 Å². The lowest BCUT2D eigenvalue weighted by Crippen LogP contribution is -2.21. The number of amidine groups is 1. The molecule has 0 radical (unpaired) electrons. The molecule has 0 saturated heterocycles. The number of halogens is 1. The first kappa shape index (κ1) is 22.1. The smallest absolute Gasteiger partial charge is 0.173 e. The zero-order valence-corrected chi connectivity index (χ0v) is 18.9. The Kier molecular flexibility index (Phi) is 6.95. The summed E-state index contributed by atoms with van der Waals surface area (Å²) in [5.74, 6) is 1.68. The molecule has 0 atom stereocenters. The molecule has 0 aliphatic carbocycles. The molecular formula is C22H24ClN3O3S. The second-order valence-corrected chi connectivity index (χ2v) is 9.04. The van der Waals surface area contributed by atoms with Crippen molar-refractivity contribution in [2.75, 3.05) is 14.1 Å². The second-order valence-electron chi connectivity index (χ2n) is 7.33. The van der Waals surface area contributed by atoms with E-state index in [9.17, 15) is 4.79 Å². The molecule has 0 bridgehead atoms. The highest BCUT2D eigenvalue weighted by Gasteiger charge is 2.17. The molecule has 2 aromatic heterocycles. The first-order valence-electron chi connectivity index (χ1n) is 9.56. The lowest BCUT2D eigenvalue weighted by atomic mass is 10.1. The zero-order valence-electron chi connectivity index (χ0n) is 17.4. The van der Waals surface area contributed by atoms with E-state index in [0.717, 1.165) is 11.1 Å². The number of carbonyl (C=O) groups is 1. The largest absolute Gasteiger partial charge is 0.490 e. The van der Waals surface area contributed by atoms with E-state index in [1.165, 1.54) is 11.3 Å². The number of benzene rings is 1. The van der Waals surface area contributed by atoms with Crippen molar-refractivity contribution in [1.29, 1.82) is 5.41 Å². The van der Waals surface area contributed by atoms with Gasteiger partial charge in [-0.2, -0.15) is 0 Å². The van der Waals surface area contributed by atoms with Crippen LogP contribution in [0, 0.1) is 5.41 Å². The van der Waals surface area contributed by atoms with Crippen molar-refractivity contribution in [3.8, 4) is 17.0 Å². The Labute approximate surface area is 184 Å². The highest BCUT2D eigenvalue weighted by Crippen LogP contribution is 2.32. The van der Waals surface area contributed by atoms with Gasteiger partial charge in [0.2, 0.25) is 0 Å². The fraction of sp³-hybridized carbons (Fsp3) is 0.318. The second kappa shape index (κ2) is 9.45. The number of hydrogen-bond acceptors (Lipinski definition) is 6. The van der Waals surface area contributed by atoms with Crippen LogP contribution in [0.25, 0.3) is 11.3 Å². The van der Waals surface area contributed by atoms with Crippen LogP contribution in [0.2, 0.25) is 4.34 Å². The number of Topliss-reactive ketones (excluding diaryl/α,β-unsaturated/α-hetero) is 1. The van der Waals surface area contributed by atoms with E-state index in [4.69, 9.17) is 26.3 Å². The molecule has 1 N–H and O–H groups in total. The summed E-state index contributed by atoms with van der Waals surface area (Å²) in [5, 5.41) is 12.4. The van der Waals surface area contributed by atoms with Gasteiger partial charge in [-0.15, -0.1) is 11.3 Å². The van der Waals surface area contributed by atoms with Crippen LogP contribution in [0.1, 0.15) is 41.3 Å². The van der Waals surface area contributed by atoms with Crippen LogP contribution in [0.3, 0.4) is 0 Å². The van der Waals surface area contributed by atoms with Gasteiger partial charge in [-0.05, 0) is 38.1 Å². The Bertz CT molecular complexity index is 1060. The molecule has 8 heteroatoms. The van der Waals surface area contributed by atoms with Crippen molar-refractivity contribution in [2.24, 2.45) is 0 Å². The van der Waals surface area contributed by atoms with E-state index in [1.54, 1.807) is 17.0 Å². The van der Waals surface area contributed by atoms with E-state index in [-0.39, 0.29) is 11.9 Å². The van der Waals surface area contributed by atoms with Crippen LogP contribution < -0.4 is 4.74 Å². The van der Waals surface area contributed by atoms with E-state index in [0.29, 0.717) is 45.1 Å². The molecule has 0 unspecified atom stereocenters. The summed E-state index contributed by atoms with van der Waals surface area (Å²) in [6.45, 7) is 3.90. The van der Waals surface area contributed by atoms with Crippen molar-refractivity contribution in [3.63, 3.8) is 0 Å². The van der Waals surface area contributed by atoms with Crippen molar-refractivity contribution < 1.29 is 14.1 Å².